The molecule has 5 aliphatic rings. The third kappa shape index (κ3) is 4.75. The minimum absolute atomic E-state index is 0.0591. The van der Waals surface area contributed by atoms with Gasteiger partial charge < -0.3 is 15.3 Å². The maximum absolute atomic E-state index is 11.5. The molecule has 0 aromatic rings. The number of aliphatic carboxylic acids is 1. The minimum atomic E-state index is -0.782. The van der Waals surface area contributed by atoms with Crippen LogP contribution in [0.3, 0.4) is 0 Å². The molecule has 4 N–H and O–H groups in total. The number of imide groups is 1. The van der Waals surface area contributed by atoms with E-state index in [9.17, 15) is 29.4 Å². The average Bonchev–Trinajstić information content (AvgIpc) is 3.32. The molecule has 0 aromatic carbocycles. The summed E-state index contributed by atoms with van der Waals surface area (Å²) in [7, 11) is 0. The first-order valence-corrected chi connectivity index (χ1v) is 13.8. The van der Waals surface area contributed by atoms with Crippen molar-refractivity contribution in [3.63, 3.8) is 0 Å². The number of nitrogens with one attached hydrogen (secondary N) is 1. The number of Topliss-reactive ketones (excluding diaryl/α,β-unsaturated/α-hetero) is 1. The molecule has 8 heteroatoms. The fourth-order valence-electron chi connectivity index (χ4n) is 9.18. The van der Waals surface area contributed by atoms with Crippen molar-refractivity contribution >= 4 is 23.6 Å². The number of aliphatic hydroxyl groups is 2. The third-order valence-electron chi connectivity index (χ3n) is 11.1. The van der Waals surface area contributed by atoms with E-state index in [0.29, 0.717) is 35.5 Å². The van der Waals surface area contributed by atoms with Crippen LogP contribution in [0.2, 0.25) is 0 Å². The van der Waals surface area contributed by atoms with Crippen molar-refractivity contribution in [1.29, 1.82) is 0 Å². The maximum Gasteiger partial charge on any atom is 0.303 e. The van der Waals surface area contributed by atoms with Crippen molar-refractivity contribution in [2.45, 2.75) is 104 Å². The van der Waals surface area contributed by atoms with Crippen LogP contribution in [0.15, 0.2) is 0 Å². The van der Waals surface area contributed by atoms with Gasteiger partial charge in [-0.05, 0) is 104 Å². The Morgan fingerprint density at radius 1 is 1.03 bits per heavy atom. The third-order valence-corrected chi connectivity index (χ3v) is 11.1. The van der Waals surface area contributed by atoms with Gasteiger partial charge in [-0.15, -0.1) is 0 Å². The molecule has 10 atom stereocenters. The first-order chi connectivity index (χ1) is 16.9. The molecule has 4 saturated carbocycles. The van der Waals surface area contributed by atoms with Crippen molar-refractivity contribution in [2.75, 3.05) is 0 Å². The van der Waals surface area contributed by atoms with E-state index in [1.807, 2.05) is 5.32 Å². The van der Waals surface area contributed by atoms with Gasteiger partial charge in [0.2, 0.25) is 11.7 Å². The Morgan fingerprint density at radius 3 is 2.33 bits per heavy atom. The molecular weight excluding hydrogens is 462 g/mol. The molecule has 0 aromatic heterocycles. The lowest BCUT2D eigenvalue weighted by atomic mass is 9.43. The maximum atomic E-state index is 11.5. The summed E-state index contributed by atoms with van der Waals surface area (Å²) in [6.07, 6.45) is 8.98. The Morgan fingerprint density at radius 2 is 1.75 bits per heavy atom. The van der Waals surface area contributed by atoms with Crippen molar-refractivity contribution in [1.82, 2.24) is 5.32 Å². The standard InChI is InChI=1S/C24H40O4.C4H3NO3/c1-14(4-9-22(27)28)18-7-8-19-17-6-5-15-12-16(25)10-11-23(15,2)20(17)13-21(26)24(18,19)3;6-2-1-3(7)5-4(2)8/h14-21,25-26H,4-13H2,1-3H3,(H,27,28);1H2,(H,5,7,8)/t14-,15-,16-,17?,18-,19?,20?,21+,23+,24-;/m1./s1. The van der Waals surface area contributed by atoms with Crippen molar-refractivity contribution in [2.24, 2.45) is 46.3 Å². The van der Waals surface area contributed by atoms with Crippen molar-refractivity contribution in [3.05, 3.63) is 0 Å². The summed E-state index contributed by atoms with van der Waals surface area (Å²) in [5, 5.41) is 32.6. The van der Waals surface area contributed by atoms with Crippen LogP contribution >= 0.6 is 0 Å². The zero-order chi connectivity index (χ0) is 26.4. The van der Waals surface area contributed by atoms with Gasteiger partial charge >= 0.3 is 5.97 Å². The first kappa shape index (κ1) is 27.2. The molecule has 2 amide bonds. The van der Waals surface area contributed by atoms with Crippen LogP contribution in [-0.2, 0) is 19.2 Å². The van der Waals surface area contributed by atoms with E-state index in [4.69, 9.17) is 5.11 Å². The first-order valence-electron chi connectivity index (χ1n) is 13.8. The second-order valence-electron chi connectivity index (χ2n) is 12.8. The van der Waals surface area contributed by atoms with Gasteiger partial charge in [-0.25, -0.2) is 0 Å². The molecule has 36 heavy (non-hydrogen) atoms. The highest BCUT2D eigenvalue weighted by atomic mass is 16.4. The average molecular weight is 506 g/mol. The predicted octanol–water partition coefficient (Wildman–Crippen LogP) is 3.08. The topological polar surface area (TPSA) is 141 Å². The number of hydrogen-bond acceptors (Lipinski definition) is 6. The molecule has 4 aliphatic carbocycles. The van der Waals surface area contributed by atoms with E-state index in [1.165, 1.54) is 19.3 Å². The lowest BCUT2D eigenvalue weighted by Crippen LogP contribution is -2.58. The van der Waals surface area contributed by atoms with E-state index in [0.717, 1.165) is 38.5 Å². The molecule has 1 aliphatic heterocycles. The number of amides is 2. The van der Waals surface area contributed by atoms with Crippen molar-refractivity contribution in [3.8, 4) is 0 Å². The second-order valence-corrected chi connectivity index (χ2v) is 12.8. The molecule has 8 nitrogen and oxygen atoms in total. The van der Waals surface area contributed by atoms with Crippen LogP contribution in [0.5, 0.6) is 0 Å². The summed E-state index contributed by atoms with van der Waals surface area (Å²) in [5.74, 6) is 0.623. The fourth-order valence-corrected chi connectivity index (χ4v) is 9.18. The summed E-state index contributed by atoms with van der Waals surface area (Å²) in [6.45, 7) is 6.99. The number of aliphatic hydroxyl groups excluding tert-OH is 2. The van der Waals surface area contributed by atoms with Crippen LogP contribution in [0.1, 0.15) is 91.4 Å². The van der Waals surface area contributed by atoms with Crippen LogP contribution in [0.4, 0.5) is 0 Å². The Bertz CT molecular complexity index is 886. The Balaban J connectivity index is 0.000000325. The molecule has 5 fully saturated rings. The highest BCUT2D eigenvalue weighted by Crippen LogP contribution is 2.68. The number of carboxylic acids is 1. The van der Waals surface area contributed by atoms with Gasteiger partial charge in [0.25, 0.3) is 5.91 Å². The highest BCUT2D eigenvalue weighted by molar-refractivity contribution is 6.46. The molecule has 0 spiro atoms. The quantitative estimate of drug-likeness (QED) is 0.261. The van der Waals surface area contributed by atoms with Gasteiger partial charge in [-0.3, -0.25) is 24.5 Å². The number of rotatable bonds is 4. The molecule has 5 rings (SSSR count). The smallest absolute Gasteiger partial charge is 0.303 e. The van der Waals surface area contributed by atoms with E-state index >= 15 is 0 Å². The predicted molar refractivity (Wildman–Crippen MR) is 131 cm³/mol. The molecule has 0 bridgehead atoms. The monoisotopic (exact) mass is 505 g/mol. The van der Waals surface area contributed by atoms with Gasteiger partial charge in [0, 0.05) is 6.42 Å². The molecule has 1 saturated heterocycles. The number of fused-ring (bicyclic) bond motifs is 5. The molecule has 3 unspecified atom stereocenters. The van der Waals surface area contributed by atoms with Gasteiger partial charge in [-0.2, -0.15) is 0 Å². The number of carboxylic acid groups (broad SMARTS) is 1. The largest absolute Gasteiger partial charge is 0.481 e. The lowest BCUT2D eigenvalue weighted by molar-refractivity contribution is -0.175. The van der Waals surface area contributed by atoms with Crippen LogP contribution < -0.4 is 5.32 Å². The summed E-state index contributed by atoms with van der Waals surface area (Å²) in [5.41, 5.74) is 0.216. The van der Waals surface area contributed by atoms with E-state index in [1.54, 1.807) is 0 Å². The van der Waals surface area contributed by atoms with Gasteiger partial charge in [-0.1, -0.05) is 20.8 Å². The summed E-state index contributed by atoms with van der Waals surface area (Å²) in [6, 6.07) is 0. The second kappa shape index (κ2) is 10.2. The summed E-state index contributed by atoms with van der Waals surface area (Å²) in [4.78, 5) is 41.4. The fraction of sp³-hybridized carbons (Fsp3) is 0.857. The Labute approximate surface area is 213 Å². The van der Waals surface area contributed by atoms with E-state index in [-0.39, 0.29) is 35.9 Å². The van der Waals surface area contributed by atoms with Crippen LogP contribution in [0.25, 0.3) is 0 Å². The van der Waals surface area contributed by atoms with Gasteiger partial charge in [0.1, 0.15) is 0 Å². The van der Waals surface area contributed by atoms with E-state index in [2.05, 4.69) is 20.8 Å². The van der Waals surface area contributed by atoms with E-state index < -0.39 is 23.6 Å². The summed E-state index contributed by atoms with van der Waals surface area (Å²) < 4.78 is 0. The van der Waals surface area contributed by atoms with Crippen molar-refractivity contribution < 1.29 is 34.5 Å². The zero-order valence-corrected chi connectivity index (χ0v) is 21.9. The zero-order valence-electron chi connectivity index (χ0n) is 21.9. The van der Waals surface area contributed by atoms with Gasteiger partial charge in [0.15, 0.2) is 0 Å². The minimum Gasteiger partial charge on any atom is -0.481 e. The highest BCUT2D eigenvalue weighted by Gasteiger charge is 2.63. The Kier molecular flexibility index (Phi) is 7.69. The molecule has 0 radical (unpaired) electrons. The number of carbonyl (C=O) groups is 4. The van der Waals surface area contributed by atoms with Gasteiger partial charge in [0.05, 0.1) is 18.6 Å². The summed E-state index contributed by atoms with van der Waals surface area (Å²) >= 11 is 0. The Hall–Kier alpha value is -1.80. The molecular formula is C28H43NO7. The molecule has 1 heterocycles. The number of ketones is 1. The SMILES string of the molecule is C[C@H](CCC(=O)O)[C@H]1CCC2C3CC[C@@H]4C[C@H](O)CC[C@]4(C)C3C[C@H](O)[C@@]21C.O=C1CC(=O)C(=O)N1. The lowest BCUT2D eigenvalue weighted by Gasteiger charge is -2.62. The van der Waals surface area contributed by atoms with Crippen LogP contribution in [0, 0.1) is 46.3 Å². The molecule has 202 valence electrons. The normalized spacial score (nSPS) is 44.5. The van der Waals surface area contributed by atoms with Crippen LogP contribution in [-0.4, -0.2) is 51.1 Å². The number of carbonyl (C=O) groups excluding carboxylic acids is 3. The number of hydrogen-bond donors (Lipinski definition) is 4.